The number of nitrogens with zero attached hydrogens (tertiary/aromatic N) is 3. The second kappa shape index (κ2) is 11.7. The topological polar surface area (TPSA) is 105 Å². The average molecular weight is 500 g/mol. The number of H-pyrrole nitrogens is 1. The highest BCUT2D eigenvalue weighted by molar-refractivity contribution is 5.84. The molecule has 192 valence electrons. The smallest absolute Gasteiger partial charge is 0.220 e. The van der Waals surface area contributed by atoms with Gasteiger partial charge >= 0.3 is 0 Å². The van der Waals surface area contributed by atoms with Gasteiger partial charge in [-0.15, -0.1) is 0 Å². The lowest BCUT2D eigenvalue weighted by Crippen LogP contribution is -2.29. The first-order valence-corrected chi connectivity index (χ1v) is 12.4. The summed E-state index contributed by atoms with van der Waals surface area (Å²) in [4.78, 5) is 16.4. The zero-order chi connectivity index (χ0) is 26.4. The van der Waals surface area contributed by atoms with Crippen molar-refractivity contribution in [2.75, 3.05) is 20.8 Å². The number of hydrogen-bond donors (Lipinski definition) is 2. The van der Waals surface area contributed by atoms with Crippen LogP contribution < -0.4 is 14.8 Å². The van der Waals surface area contributed by atoms with Crippen molar-refractivity contribution in [1.82, 2.24) is 20.1 Å². The van der Waals surface area contributed by atoms with Gasteiger partial charge in [-0.2, -0.15) is 10.4 Å². The zero-order valence-electron chi connectivity index (χ0n) is 21.8. The molecule has 4 aromatic rings. The van der Waals surface area contributed by atoms with Crippen LogP contribution in [0.15, 0.2) is 48.7 Å². The molecule has 0 unspecified atom stereocenters. The van der Waals surface area contributed by atoms with Crippen molar-refractivity contribution in [3.05, 3.63) is 76.7 Å². The molecule has 0 fully saturated rings. The van der Waals surface area contributed by atoms with Crippen molar-refractivity contribution >= 4 is 16.8 Å². The third-order valence-corrected chi connectivity index (χ3v) is 6.88. The van der Waals surface area contributed by atoms with Crippen LogP contribution in [0.1, 0.15) is 46.8 Å². The Bertz CT molecular complexity index is 1430. The Morgan fingerprint density at radius 3 is 2.70 bits per heavy atom. The molecular weight excluding hydrogens is 466 g/mol. The minimum atomic E-state index is -0.151. The quantitative estimate of drug-likeness (QED) is 0.309. The summed E-state index contributed by atoms with van der Waals surface area (Å²) in [6.07, 6.45) is 3.35. The number of amides is 1. The Morgan fingerprint density at radius 1 is 1.14 bits per heavy atom. The number of aromatic amines is 1. The molecule has 8 nitrogen and oxygen atoms in total. The third-order valence-electron chi connectivity index (χ3n) is 6.88. The molecule has 2 aromatic heterocycles. The summed E-state index contributed by atoms with van der Waals surface area (Å²) in [5.74, 6) is 1.12. The predicted octanol–water partition coefficient (Wildman–Crippen LogP) is 4.79. The summed E-state index contributed by atoms with van der Waals surface area (Å²) in [6, 6.07) is 16.1. The number of benzene rings is 2. The summed E-state index contributed by atoms with van der Waals surface area (Å²) in [5, 5.41) is 17.7. The van der Waals surface area contributed by atoms with Crippen molar-refractivity contribution in [3.63, 3.8) is 0 Å². The van der Waals surface area contributed by atoms with Crippen molar-refractivity contribution in [1.29, 1.82) is 5.26 Å². The molecular formula is C29H33N5O3. The number of methoxy groups -OCH3 is 2. The largest absolute Gasteiger partial charge is 0.493 e. The third kappa shape index (κ3) is 5.46. The van der Waals surface area contributed by atoms with Gasteiger partial charge in [0.1, 0.15) is 0 Å². The van der Waals surface area contributed by atoms with Crippen LogP contribution in [0.4, 0.5) is 0 Å². The van der Waals surface area contributed by atoms with E-state index in [-0.39, 0.29) is 11.8 Å². The molecule has 4 rings (SSSR count). The molecule has 1 atom stereocenters. The fourth-order valence-corrected chi connectivity index (χ4v) is 4.97. The molecule has 0 spiro atoms. The Labute approximate surface area is 217 Å². The minimum Gasteiger partial charge on any atom is -0.493 e. The van der Waals surface area contributed by atoms with Crippen LogP contribution in [-0.4, -0.2) is 41.4 Å². The number of carbonyl (C=O) groups excluding carboxylic acids is 1. The number of carbonyl (C=O) groups is 1. The first kappa shape index (κ1) is 25.8. The number of nitriles is 1. The molecule has 37 heavy (non-hydrogen) atoms. The maximum absolute atomic E-state index is 13.0. The second-order valence-corrected chi connectivity index (χ2v) is 9.01. The van der Waals surface area contributed by atoms with Crippen LogP contribution in [0.25, 0.3) is 10.9 Å². The maximum Gasteiger partial charge on any atom is 0.220 e. The van der Waals surface area contributed by atoms with Gasteiger partial charge in [0.2, 0.25) is 5.91 Å². The highest BCUT2D eigenvalue weighted by atomic mass is 16.5. The molecule has 1 amide bonds. The number of aromatic nitrogens is 3. The van der Waals surface area contributed by atoms with E-state index in [1.165, 1.54) is 0 Å². The van der Waals surface area contributed by atoms with E-state index in [9.17, 15) is 4.79 Å². The number of nitrogens with one attached hydrogen (secondary N) is 2. The van der Waals surface area contributed by atoms with Crippen LogP contribution in [0.5, 0.6) is 11.5 Å². The van der Waals surface area contributed by atoms with Crippen molar-refractivity contribution in [3.8, 4) is 17.6 Å². The Kier molecular flexibility index (Phi) is 8.14. The second-order valence-electron chi connectivity index (χ2n) is 9.01. The average Bonchev–Trinajstić information content (AvgIpc) is 3.46. The lowest BCUT2D eigenvalue weighted by Gasteiger charge is -2.22. The Hall–Kier alpha value is -4.25. The normalized spacial score (nSPS) is 11.8. The number of hydrogen-bond acceptors (Lipinski definition) is 5. The van der Waals surface area contributed by atoms with Gasteiger partial charge in [-0.05, 0) is 43.5 Å². The van der Waals surface area contributed by atoms with Crippen LogP contribution in [0.2, 0.25) is 0 Å². The Morgan fingerprint density at radius 2 is 1.95 bits per heavy atom. The van der Waals surface area contributed by atoms with Gasteiger partial charge in [-0.25, -0.2) is 0 Å². The fraction of sp³-hybridized carbons (Fsp3) is 0.345. The fourth-order valence-electron chi connectivity index (χ4n) is 4.97. The van der Waals surface area contributed by atoms with Crippen LogP contribution in [-0.2, 0) is 17.8 Å². The summed E-state index contributed by atoms with van der Waals surface area (Å²) in [6.45, 7) is 4.91. The van der Waals surface area contributed by atoms with E-state index in [2.05, 4.69) is 27.5 Å². The number of rotatable bonds is 11. The molecule has 0 saturated heterocycles. The molecule has 0 aliphatic heterocycles. The van der Waals surface area contributed by atoms with Gasteiger partial charge in [-0.1, -0.05) is 30.3 Å². The van der Waals surface area contributed by atoms with Crippen molar-refractivity contribution in [2.24, 2.45) is 0 Å². The van der Waals surface area contributed by atoms with Gasteiger partial charge in [-0.3, -0.25) is 9.48 Å². The maximum atomic E-state index is 13.0. The molecule has 0 aliphatic carbocycles. The number of fused-ring (bicyclic) bond motifs is 1. The standard InChI is InChI=1S/C29H33N5O3/c1-19-21(20(2)34(33-19)16-8-15-30)13-14-28(35)32-18-25(23-10-7-12-27(36-3)29(23)37-4)24-17-31-26-11-6-5-9-22(24)26/h5-7,9-12,17,25,31H,8,13-14,16,18H2,1-4H3,(H,32,35)/t25-/m0/s1. The summed E-state index contributed by atoms with van der Waals surface area (Å²) in [5.41, 5.74) is 6.04. The lowest BCUT2D eigenvalue weighted by molar-refractivity contribution is -0.121. The molecule has 2 N–H and O–H groups in total. The van der Waals surface area contributed by atoms with E-state index < -0.39 is 0 Å². The molecule has 2 heterocycles. The first-order chi connectivity index (χ1) is 18.0. The first-order valence-electron chi connectivity index (χ1n) is 12.4. The van der Waals surface area contributed by atoms with E-state index in [1.54, 1.807) is 14.2 Å². The summed E-state index contributed by atoms with van der Waals surface area (Å²) in [7, 11) is 3.25. The van der Waals surface area contributed by atoms with Crippen LogP contribution in [0.3, 0.4) is 0 Å². The molecule has 8 heteroatoms. The molecule has 0 aliphatic rings. The van der Waals surface area contributed by atoms with Crippen LogP contribution in [0, 0.1) is 25.2 Å². The summed E-state index contributed by atoms with van der Waals surface area (Å²) < 4.78 is 13.2. The zero-order valence-corrected chi connectivity index (χ0v) is 21.8. The number of ether oxygens (including phenoxy) is 2. The highest BCUT2D eigenvalue weighted by Crippen LogP contribution is 2.40. The Balaban J connectivity index is 1.55. The SMILES string of the molecule is COc1cccc([C@H](CNC(=O)CCc2c(C)nn(CCC#N)c2C)c2c[nH]c3ccccc23)c1OC. The predicted molar refractivity (Wildman–Crippen MR) is 143 cm³/mol. The molecule has 0 radical (unpaired) electrons. The van der Waals surface area contributed by atoms with E-state index >= 15 is 0 Å². The van der Waals surface area contributed by atoms with E-state index in [0.29, 0.717) is 43.9 Å². The van der Waals surface area contributed by atoms with Crippen molar-refractivity contribution < 1.29 is 14.3 Å². The minimum absolute atomic E-state index is 0.0321. The lowest BCUT2D eigenvalue weighted by atomic mass is 9.89. The molecule has 0 saturated carbocycles. The van der Waals surface area contributed by atoms with E-state index in [0.717, 1.165) is 39.0 Å². The highest BCUT2D eigenvalue weighted by Gasteiger charge is 2.24. The van der Waals surface area contributed by atoms with Gasteiger partial charge in [0, 0.05) is 47.2 Å². The summed E-state index contributed by atoms with van der Waals surface area (Å²) >= 11 is 0. The number of para-hydroxylation sites is 2. The van der Waals surface area contributed by atoms with E-state index in [4.69, 9.17) is 14.7 Å². The van der Waals surface area contributed by atoms with Gasteiger partial charge in [0.15, 0.2) is 11.5 Å². The molecule has 2 aromatic carbocycles. The number of aryl methyl sites for hydroxylation is 2. The van der Waals surface area contributed by atoms with Crippen LogP contribution >= 0.6 is 0 Å². The van der Waals surface area contributed by atoms with E-state index in [1.807, 2.05) is 61.1 Å². The van der Waals surface area contributed by atoms with Gasteiger partial charge < -0.3 is 19.8 Å². The van der Waals surface area contributed by atoms with Gasteiger partial charge in [0.25, 0.3) is 0 Å². The monoisotopic (exact) mass is 499 g/mol. The van der Waals surface area contributed by atoms with Gasteiger partial charge in [0.05, 0.1) is 38.9 Å². The van der Waals surface area contributed by atoms with Crippen molar-refractivity contribution in [2.45, 2.75) is 45.6 Å². The molecule has 0 bridgehead atoms.